The predicted octanol–water partition coefficient (Wildman–Crippen LogP) is 4.94. The molecule has 6 nitrogen and oxygen atoms in total. The average molecular weight is 447 g/mol. The molecule has 0 amide bonds. The van der Waals surface area contributed by atoms with E-state index >= 15 is 0 Å². The Balaban J connectivity index is 0.999. The van der Waals surface area contributed by atoms with Crippen molar-refractivity contribution in [3.63, 3.8) is 0 Å². The van der Waals surface area contributed by atoms with Gasteiger partial charge in [-0.25, -0.2) is 0 Å². The van der Waals surface area contributed by atoms with Crippen molar-refractivity contribution >= 4 is 23.3 Å². The van der Waals surface area contributed by atoms with Crippen LogP contribution < -0.4 is 21.3 Å². The number of guanidine groups is 2. The van der Waals surface area contributed by atoms with E-state index in [9.17, 15) is 0 Å². The minimum absolute atomic E-state index is 0.863. The number of hydrogen-bond donors (Lipinski definition) is 4. The summed E-state index contributed by atoms with van der Waals surface area (Å²) in [5.74, 6) is 1.78. The second-order valence-corrected chi connectivity index (χ2v) is 8.93. The lowest BCUT2D eigenvalue weighted by Crippen LogP contribution is -2.26. The van der Waals surface area contributed by atoms with Crippen molar-refractivity contribution in [3.05, 3.63) is 59.7 Å². The van der Waals surface area contributed by atoms with E-state index in [1.807, 2.05) is 0 Å². The van der Waals surface area contributed by atoms with Gasteiger partial charge in [0.1, 0.15) is 0 Å². The molecule has 0 aliphatic carbocycles. The summed E-state index contributed by atoms with van der Waals surface area (Å²) in [4.78, 5) is 8.74. The van der Waals surface area contributed by atoms with Crippen LogP contribution in [-0.4, -0.2) is 38.1 Å². The molecule has 0 radical (unpaired) electrons. The first-order valence-corrected chi connectivity index (χ1v) is 12.6. The highest BCUT2D eigenvalue weighted by molar-refractivity contribution is 5.95. The van der Waals surface area contributed by atoms with Gasteiger partial charge in [0.25, 0.3) is 0 Å². The van der Waals surface area contributed by atoms with Gasteiger partial charge in [-0.2, -0.15) is 0 Å². The summed E-state index contributed by atoms with van der Waals surface area (Å²) in [6, 6.07) is 17.6. The number of anilines is 2. The SMILES string of the molecule is c1cc(NC2=NCCN2)ccc1CCCCCCCCCc1ccc(NC2=NCCN2)cc1. The summed E-state index contributed by atoms with van der Waals surface area (Å²) in [5, 5.41) is 13.1. The van der Waals surface area contributed by atoms with Crippen LogP contribution in [0.5, 0.6) is 0 Å². The number of nitrogens with zero attached hydrogens (tertiary/aromatic N) is 2. The molecule has 4 N–H and O–H groups in total. The molecule has 0 fully saturated rings. The normalized spacial score (nSPS) is 14.9. The van der Waals surface area contributed by atoms with Gasteiger partial charge in [-0.3, -0.25) is 9.98 Å². The van der Waals surface area contributed by atoms with Crippen molar-refractivity contribution in [2.75, 3.05) is 36.8 Å². The van der Waals surface area contributed by atoms with Crippen LogP contribution in [-0.2, 0) is 12.8 Å². The molecule has 0 bridgehead atoms. The first-order valence-electron chi connectivity index (χ1n) is 12.6. The third kappa shape index (κ3) is 8.12. The van der Waals surface area contributed by atoms with Crippen molar-refractivity contribution in [2.24, 2.45) is 9.98 Å². The van der Waals surface area contributed by atoms with Crippen LogP contribution in [0.15, 0.2) is 58.5 Å². The van der Waals surface area contributed by atoms with Gasteiger partial charge in [0.15, 0.2) is 11.9 Å². The topological polar surface area (TPSA) is 72.8 Å². The van der Waals surface area contributed by atoms with E-state index < -0.39 is 0 Å². The lowest BCUT2D eigenvalue weighted by molar-refractivity contribution is 0.579. The Hall–Kier alpha value is -3.02. The Morgan fingerprint density at radius 3 is 1.30 bits per heavy atom. The molecule has 0 aromatic heterocycles. The van der Waals surface area contributed by atoms with Crippen LogP contribution in [0.25, 0.3) is 0 Å². The van der Waals surface area contributed by atoms with E-state index in [-0.39, 0.29) is 0 Å². The molecule has 2 aliphatic rings. The van der Waals surface area contributed by atoms with Crippen LogP contribution in [0.3, 0.4) is 0 Å². The van der Waals surface area contributed by atoms with E-state index in [1.165, 1.54) is 68.9 Å². The third-order valence-corrected chi connectivity index (χ3v) is 6.21. The van der Waals surface area contributed by atoms with Crippen LogP contribution in [0.4, 0.5) is 11.4 Å². The number of aryl methyl sites for hydroxylation is 2. The van der Waals surface area contributed by atoms with Gasteiger partial charge >= 0.3 is 0 Å². The van der Waals surface area contributed by atoms with Crippen LogP contribution in [0.2, 0.25) is 0 Å². The molecule has 2 aromatic rings. The molecule has 4 rings (SSSR count). The van der Waals surface area contributed by atoms with Crippen molar-refractivity contribution < 1.29 is 0 Å². The summed E-state index contributed by atoms with van der Waals surface area (Å²) in [7, 11) is 0. The van der Waals surface area contributed by atoms with Gasteiger partial charge in [-0.15, -0.1) is 0 Å². The molecular formula is C27H38N6. The molecule has 33 heavy (non-hydrogen) atoms. The van der Waals surface area contributed by atoms with E-state index in [0.29, 0.717) is 0 Å². The predicted molar refractivity (Wildman–Crippen MR) is 140 cm³/mol. The van der Waals surface area contributed by atoms with E-state index in [1.54, 1.807) is 0 Å². The van der Waals surface area contributed by atoms with Crippen molar-refractivity contribution in [1.29, 1.82) is 0 Å². The highest BCUT2D eigenvalue weighted by Crippen LogP contribution is 2.16. The number of rotatable bonds is 12. The molecule has 2 aliphatic heterocycles. The standard InChI is InChI=1S/C27H38N6/c1(2-4-6-8-22-10-14-24(15-11-22)32-26-28-18-19-29-26)3-5-7-9-23-12-16-25(17-13-23)33-27-30-20-21-31-27/h10-17H,1-9,18-21H2,(H2,28,29,32)(H2,30,31,33). The smallest absolute Gasteiger partial charge is 0.195 e. The minimum Gasteiger partial charge on any atom is -0.354 e. The molecular weight excluding hydrogens is 408 g/mol. The van der Waals surface area contributed by atoms with Crippen molar-refractivity contribution in [1.82, 2.24) is 10.6 Å². The van der Waals surface area contributed by atoms with Gasteiger partial charge < -0.3 is 21.3 Å². The summed E-state index contributed by atoms with van der Waals surface area (Å²) in [6.07, 6.45) is 11.6. The highest BCUT2D eigenvalue weighted by Gasteiger charge is 2.05. The lowest BCUT2D eigenvalue weighted by Gasteiger charge is -2.08. The molecule has 2 aromatic carbocycles. The first kappa shape index (κ1) is 23.1. The highest BCUT2D eigenvalue weighted by atomic mass is 15.2. The molecule has 6 heteroatoms. The number of nitrogens with one attached hydrogen (secondary N) is 4. The van der Waals surface area contributed by atoms with Crippen LogP contribution in [0, 0.1) is 0 Å². The van der Waals surface area contributed by atoms with E-state index in [2.05, 4.69) is 79.8 Å². The Kier molecular flexibility index (Phi) is 9.03. The third-order valence-electron chi connectivity index (χ3n) is 6.21. The summed E-state index contributed by atoms with van der Waals surface area (Å²) >= 11 is 0. The second kappa shape index (κ2) is 12.9. The van der Waals surface area contributed by atoms with Gasteiger partial charge in [-0.1, -0.05) is 56.4 Å². The average Bonchev–Trinajstić information content (AvgIpc) is 3.55. The number of aliphatic imine (C=N–C) groups is 2. The number of unbranched alkanes of at least 4 members (excludes halogenated alkanes) is 6. The molecule has 0 saturated heterocycles. The minimum atomic E-state index is 0.863. The van der Waals surface area contributed by atoms with Gasteiger partial charge in [-0.05, 0) is 61.1 Å². The summed E-state index contributed by atoms with van der Waals surface area (Å²) in [6.45, 7) is 3.59. The fourth-order valence-corrected chi connectivity index (χ4v) is 4.29. The molecule has 0 atom stereocenters. The summed E-state index contributed by atoms with van der Waals surface area (Å²) in [5.41, 5.74) is 5.07. The van der Waals surface area contributed by atoms with E-state index in [0.717, 1.165) is 49.5 Å². The Morgan fingerprint density at radius 2 is 0.939 bits per heavy atom. The monoisotopic (exact) mass is 446 g/mol. The van der Waals surface area contributed by atoms with Gasteiger partial charge in [0, 0.05) is 24.5 Å². The molecule has 176 valence electrons. The summed E-state index contributed by atoms with van der Waals surface area (Å²) < 4.78 is 0. The maximum atomic E-state index is 4.37. The Labute approximate surface area is 198 Å². The molecule has 0 spiro atoms. The largest absolute Gasteiger partial charge is 0.354 e. The maximum Gasteiger partial charge on any atom is 0.195 e. The van der Waals surface area contributed by atoms with Gasteiger partial charge in [0.05, 0.1) is 13.1 Å². The van der Waals surface area contributed by atoms with Gasteiger partial charge in [0.2, 0.25) is 0 Å². The fraction of sp³-hybridized carbons (Fsp3) is 0.481. The van der Waals surface area contributed by atoms with Crippen LogP contribution >= 0.6 is 0 Å². The molecule has 0 saturated carbocycles. The molecule has 2 heterocycles. The Morgan fingerprint density at radius 1 is 0.545 bits per heavy atom. The number of hydrogen-bond acceptors (Lipinski definition) is 6. The second-order valence-electron chi connectivity index (χ2n) is 8.93. The molecule has 0 unspecified atom stereocenters. The maximum absolute atomic E-state index is 4.37. The van der Waals surface area contributed by atoms with Crippen molar-refractivity contribution in [2.45, 2.75) is 57.8 Å². The van der Waals surface area contributed by atoms with E-state index in [4.69, 9.17) is 0 Å². The zero-order valence-electron chi connectivity index (χ0n) is 19.7. The zero-order chi connectivity index (χ0) is 22.6. The van der Waals surface area contributed by atoms with Crippen molar-refractivity contribution in [3.8, 4) is 0 Å². The Bertz CT molecular complexity index is 826. The quantitative estimate of drug-likeness (QED) is 0.348. The lowest BCUT2D eigenvalue weighted by atomic mass is 10.0. The number of benzene rings is 2. The zero-order valence-corrected chi connectivity index (χ0v) is 19.7. The fourth-order valence-electron chi connectivity index (χ4n) is 4.29. The van der Waals surface area contributed by atoms with Crippen LogP contribution in [0.1, 0.15) is 56.1 Å². The first-order chi connectivity index (χ1) is 16.3.